The number of halogens is 2. The molecule has 1 aliphatic rings. The van der Waals surface area contributed by atoms with E-state index in [4.69, 9.17) is 19.5 Å². The number of benzene rings is 2. The van der Waals surface area contributed by atoms with Crippen molar-refractivity contribution in [1.82, 2.24) is 14.5 Å². The SMILES string of the molecule is O=c1[nH]c2cnc3c4c(ccc3c2n1Cc1c(F)cc(B(O)O)cc1F)OCO4. The molecular weight excluding hydrogens is 387 g/mol. The fourth-order valence-corrected chi connectivity index (χ4v) is 3.51. The second-order valence-electron chi connectivity index (χ2n) is 6.57. The summed E-state index contributed by atoms with van der Waals surface area (Å²) in [5, 5.41) is 18.8. The summed E-state index contributed by atoms with van der Waals surface area (Å²) >= 11 is 0. The molecule has 29 heavy (non-hydrogen) atoms. The van der Waals surface area contributed by atoms with Gasteiger partial charge in [-0.15, -0.1) is 0 Å². The molecule has 5 rings (SSSR count). The Morgan fingerprint density at radius 2 is 1.97 bits per heavy atom. The lowest BCUT2D eigenvalue weighted by Gasteiger charge is -2.10. The molecule has 2 aromatic carbocycles. The molecule has 0 fully saturated rings. The summed E-state index contributed by atoms with van der Waals surface area (Å²) in [7, 11) is -2.01. The molecule has 4 aromatic rings. The second kappa shape index (κ2) is 6.29. The Morgan fingerprint density at radius 1 is 1.21 bits per heavy atom. The summed E-state index contributed by atoms with van der Waals surface area (Å²) < 4.78 is 40.9. The van der Waals surface area contributed by atoms with E-state index in [-0.39, 0.29) is 17.8 Å². The average Bonchev–Trinajstić information content (AvgIpc) is 3.28. The van der Waals surface area contributed by atoms with E-state index in [0.29, 0.717) is 33.4 Å². The van der Waals surface area contributed by atoms with E-state index in [9.17, 15) is 13.6 Å². The van der Waals surface area contributed by atoms with Gasteiger partial charge in [0.15, 0.2) is 11.5 Å². The first-order valence-electron chi connectivity index (χ1n) is 8.58. The van der Waals surface area contributed by atoms with Gasteiger partial charge in [0.2, 0.25) is 6.79 Å². The first-order chi connectivity index (χ1) is 13.9. The maximum atomic E-state index is 14.5. The van der Waals surface area contributed by atoms with Crippen LogP contribution in [0.4, 0.5) is 8.78 Å². The molecule has 0 amide bonds. The maximum absolute atomic E-state index is 14.5. The third-order valence-corrected chi connectivity index (χ3v) is 4.88. The molecule has 0 unspecified atom stereocenters. The van der Waals surface area contributed by atoms with Crippen molar-refractivity contribution in [2.45, 2.75) is 6.54 Å². The third kappa shape index (κ3) is 2.66. The minimum atomic E-state index is -2.01. The largest absolute Gasteiger partial charge is 0.488 e. The lowest BCUT2D eigenvalue weighted by molar-refractivity contribution is 0.174. The number of rotatable bonds is 3. The van der Waals surface area contributed by atoms with Crippen LogP contribution in [0, 0.1) is 11.6 Å². The highest BCUT2D eigenvalue weighted by Crippen LogP contribution is 2.39. The molecule has 0 saturated carbocycles. The summed E-state index contributed by atoms with van der Waals surface area (Å²) in [6.45, 7) is -0.362. The van der Waals surface area contributed by atoms with Gasteiger partial charge in [-0.05, 0) is 29.7 Å². The molecule has 2 aromatic heterocycles. The first kappa shape index (κ1) is 17.6. The summed E-state index contributed by atoms with van der Waals surface area (Å²) in [5.74, 6) is -1.04. The fraction of sp³-hybridized carbons (Fsp3) is 0.111. The standard InChI is InChI=1S/C18H12BF2N3O5/c20-11-3-8(19(26)27)4-12(21)10(11)6-24-16-9-1-2-14-17(29-7-28-14)15(9)22-5-13(16)23-18(24)25/h1-5,26-27H,6-7H2,(H,23,25). The predicted octanol–water partition coefficient (Wildman–Crippen LogP) is 0.613. The van der Waals surface area contributed by atoms with Crippen molar-refractivity contribution in [2.75, 3.05) is 6.79 Å². The van der Waals surface area contributed by atoms with Crippen LogP contribution in [0.25, 0.3) is 21.9 Å². The van der Waals surface area contributed by atoms with Gasteiger partial charge in [-0.1, -0.05) is 0 Å². The Morgan fingerprint density at radius 3 is 2.69 bits per heavy atom. The van der Waals surface area contributed by atoms with Crippen LogP contribution in [0.5, 0.6) is 11.5 Å². The summed E-state index contributed by atoms with van der Waals surface area (Å²) in [6, 6.07) is 5.01. The first-order valence-corrected chi connectivity index (χ1v) is 8.58. The van der Waals surface area contributed by atoms with Crippen LogP contribution in [-0.4, -0.2) is 38.5 Å². The highest BCUT2D eigenvalue weighted by atomic mass is 19.1. The highest BCUT2D eigenvalue weighted by molar-refractivity contribution is 6.58. The Hall–Kier alpha value is -3.44. The maximum Gasteiger partial charge on any atom is 0.488 e. The molecule has 3 heterocycles. The van der Waals surface area contributed by atoms with E-state index >= 15 is 0 Å². The number of hydrogen-bond donors (Lipinski definition) is 3. The van der Waals surface area contributed by atoms with Gasteiger partial charge in [-0.25, -0.2) is 18.6 Å². The zero-order valence-corrected chi connectivity index (χ0v) is 14.6. The van der Waals surface area contributed by atoms with Gasteiger partial charge in [0.25, 0.3) is 0 Å². The van der Waals surface area contributed by atoms with E-state index in [1.165, 1.54) is 10.8 Å². The zero-order valence-electron chi connectivity index (χ0n) is 14.6. The van der Waals surface area contributed by atoms with Crippen LogP contribution in [0.2, 0.25) is 0 Å². The van der Waals surface area contributed by atoms with E-state index in [1.807, 2.05) is 0 Å². The highest BCUT2D eigenvalue weighted by Gasteiger charge is 2.23. The molecule has 0 radical (unpaired) electrons. The van der Waals surface area contributed by atoms with Gasteiger partial charge in [0.1, 0.15) is 17.2 Å². The number of aromatic amines is 1. The number of fused-ring (bicyclic) bond motifs is 5. The number of pyridine rings is 1. The third-order valence-electron chi connectivity index (χ3n) is 4.88. The minimum absolute atomic E-state index is 0.0492. The number of H-pyrrole nitrogens is 1. The molecule has 0 bridgehead atoms. The Balaban J connectivity index is 1.72. The Labute approximate surface area is 161 Å². The Kier molecular flexibility index (Phi) is 3.83. The van der Waals surface area contributed by atoms with E-state index in [2.05, 4.69) is 9.97 Å². The average molecular weight is 399 g/mol. The monoisotopic (exact) mass is 399 g/mol. The van der Waals surface area contributed by atoms with Crippen molar-refractivity contribution < 1.29 is 28.3 Å². The molecule has 11 heteroatoms. The normalized spacial score (nSPS) is 12.8. The fourth-order valence-electron chi connectivity index (χ4n) is 3.51. The number of nitrogens with zero attached hydrogens (tertiary/aromatic N) is 2. The molecule has 146 valence electrons. The lowest BCUT2D eigenvalue weighted by atomic mass is 9.80. The van der Waals surface area contributed by atoms with Crippen LogP contribution in [-0.2, 0) is 6.54 Å². The summed E-state index contributed by atoms with van der Waals surface area (Å²) in [4.78, 5) is 19.5. The van der Waals surface area contributed by atoms with Crippen LogP contribution < -0.4 is 20.6 Å². The number of ether oxygens (including phenoxy) is 2. The lowest BCUT2D eigenvalue weighted by Crippen LogP contribution is -2.31. The summed E-state index contributed by atoms with van der Waals surface area (Å²) in [5.41, 5.74) is -0.0228. The van der Waals surface area contributed by atoms with Gasteiger partial charge in [0, 0.05) is 10.9 Å². The van der Waals surface area contributed by atoms with Crippen LogP contribution in [0.1, 0.15) is 5.56 Å². The molecule has 0 spiro atoms. The van der Waals surface area contributed by atoms with Crippen LogP contribution >= 0.6 is 0 Å². The molecule has 0 aliphatic carbocycles. The minimum Gasteiger partial charge on any atom is -0.454 e. The second-order valence-corrected chi connectivity index (χ2v) is 6.57. The number of hydrogen-bond acceptors (Lipinski definition) is 6. The zero-order chi connectivity index (χ0) is 20.3. The van der Waals surface area contributed by atoms with Gasteiger partial charge < -0.3 is 24.5 Å². The molecule has 8 nitrogen and oxygen atoms in total. The molecule has 0 saturated heterocycles. The van der Waals surface area contributed by atoms with Gasteiger partial charge in [-0.2, -0.15) is 0 Å². The van der Waals surface area contributed by atoms with Gasteiger partial charge in [-0.3, -0.25) is 4.57 Å². The van der Waals surface area contributed by atoms with Crippen molar-refractivity contribution in [2.24, 2.45) is 0 Å². The molecular formula is C18H12BF2N3O5. The van der Waals surface area contributed by atoms with E-state index in [0.717, 1.165) is 12.1 Å². The molecule has 1 aliphatic heterocycles. The van der Waals surface area contributed by atoms with Crippen LogP contribution in [0.3, 0.4) is 0 Å². The summed E-state index contributed by atoms with van der Waals surface area (Å²) in [6.07, 6.45) is 1.44. The van der Waals surface area contributed by atoms with Gasteiger partial charge in [0.05, 0.1) is 23.8 Å². The van der Waals surface area contributed by atoms with E-state index < -0.39 is 31.0 Å². The number of imidazole rings is 1. The van der Waals surface area contributed by atoms with Crippen molar-refractivity contribution in [3.05, 3.63) is 58.1 Å². The number of nitrogens with one attached hydrogen (secondary N) is 1. The van der Waals surface area contributed by atoms with Crippen molar-refractivity contribution >= 4 is 34.5 Å². The van der Waals surface area contributed by atoms with Crippen molar-refractivity contribution in [3.63, 3.8) is 0 Å². The predicted molar refractivity (Wildman–Crippen MR) is 99.3 cm³/mol. The van der Waals surface area contributed by atoms with Crippen LogP contribution in [0.15, 0.2) is 35.3 Å². The van der Waals surface area contributed by atoms with Gasteiger partial charge >= 0.3 is 12.8 Å². The van der Waals surface area contributed by atoms with E-state index in [1.54, 1.807) is 12.1 Å². The Bertz CT molecular complexity index is 1330. The topological polar surface area (TPSA) is 110 Å². The van der Waals surface area contributed by atoms with Crippen molar-refractivity contribution in [1.29, 1.82) is 0 Å². The number of aromatic nitrogens is 3. The molecule has 0 atom stereocenters. The smallest absolute Gasteiger partial charge is 0.454 e. The molecule has 3 N–H and O–H groups in total. The van der Waals surface area contributed by atoms with Crippen molar-refractivity contribution in [3.8, 4) is 11.5 Å². The quantitative estimate of drug-likeness (QED) is 0.436.